The molecule has 0 spiro atoms. The molecule has 2 nitrogen and oxygen atoms in total. The van der Waals surface area contributed by atoms with Crippen LogP contribution in [0.2, 0.25) is 0 Å². The molecule has 1 saturated carbocycles. The van der Waals surface area contributed by atoms with Crippen molar-refractivity contribution in [3.63, 3.8) is 0 Å². The van der Waals surface area contributed by atoms with E-state index in [2.05, 4.69) is 50.9 Å². The highest BCUT2D eigenvalue weighted by atomic mass is 79.9. The van der Waals surface area contributed by atoms with E-state index < -0.39 is 0 Å². The number of hydrogen-bond donors (Lipinski definition) is 0. The summed E-state index contributed by atoms with van der Waals surface area (Å²) in [7, 11) is 0. The molecule has 0 aliphatic heterocycles. The highest BCUT2D eigenvalue weighted by molar-refractivity contribution is 9.10. The standard InChI is InChI=1S/C14H18Br2O2/c1-2-6-17-14-12(16)8-13(14)18-9-10-4-3-5-11(15)7-10/h3-5,7,12-14H,2,6,8-9H2,1H3. The lowest BCUT2D eigenvalue weighted by molar-refractivity contribution is -0.126. The van der Waals surface area contributed by atoms with Crippen molar-refractivity contribution in [1.82, 2.24) is 0 Å². The van der Waals surface area contributed by atoms with Crippen molar-refractivity contribution >= 4 is 31.9 Å². The third-order valence-corrected chi connectivity index (χ3v) is 4.44. The summed E-state index contributed by atoms with van der Waals surface area (Å²) < 4.78 is 12.8. The van der Waals surface area contributed by atoms with Gasteiger partial charge in [-0.1, -0.05) is 50.9 Å². The second-order valence-electron chi connectivity index (χ2n) is 4.57. The molecule has 2 rings (SSSR count). The Morgan fingerprint density at radius 3 is 2.83 bits per heavy atom. The molecule has 0 bridgehead atoms. The Balaban J connectivity index is 1.80. The minimum absolute atomic E-state index is 0.206. The molecule has 100 valence electrons. The first-order valence-corrected chi connectivity index (χ1v) is 8.03. The normalized spacial score (nSPS) is 26.9. The first-order chi connectivity index (χ1) is 8.70. The van der Waals surface area contributed by atoms with E-state index in [1.165, 1.54) is 5.56 Å². The highest BCUT2D eigenvalue weighted by Gasteiger charge is 2.41. The molecular formula is C14H18Br2O2. The van der Waals surface area contributed by atoms with Crippen LogP contribution < -0.4 is 0 Å². The summed E-state index contributed by atoms with van der Waals surface area (Å²) in [5.41, 5.74) is 1.19. The Morgan fingerprint density at radius 1 is 1.33 bits per heavy atom. The monoisotopic (exact) mass is 376 g/mol. The highest BCUT2D eigenvalue weighted by Crippen LogP contribution is 2.34. The molecule has 1 aliphatic carbocycles. The molecule has 0 radical (unpaired) electrons. The van der Waals surface area contributed by atoms with Gasteiger partial charge in [0.1, 0.15) is 0 Å². The Hall–Kier alpha value is 0.100. The van der Waals surface area contributed by atoms with Gasteiger partial charge >= 0.3 is 0 Å². The summed E-state index contributed by atoms with van der Waals surface area (Å²) >= 11 is 7.09. The van der Waals surface area contributed by atoms with Crippen LogP contribution in [0.25, 0.3) is 0 Å². The molecule has 3 atom stereocenters. The van der Waals surface area contributed by atoms with E-state index in [4.69, 9.17) is 9.47 Å². The van der Waals surface area contributed by atoms with Crippen LogP contribution in [-0.4, -0.2) is 23.6 Å². The van der Waals surface area contributed by atoms with E-state index in [0.29, 0.717) is 11.4 Å². The van der Waals surface area contributed by atoms with E-state index in [1.807, 2.05) is 12.1 Å². The average molecular weight is 378 g/mol. The summed E-state index contributed by atoms with van der Waals surface area (Å²) in [5, 5.41) is 0. The maximum absolute atomic E-state index is 5.92. The van der Waals surface area contributed by atoms with E-state index in [1.54, 1.807) is 0 Å². The SMILES string of the molecule is CCCOC1C(Br)CC1OCc1cccc(Br)c1. The van der Waals surface area contributed by atoms with E-state index in [0.717, 1.165) is 23.9 Å². The predicted octanol–water partition coefficient (Wildman–Crippen LogP) is 4.30. The van der Waals surface area contributed by atoms with Crippen molar-refractivity contribution in [2.75, 3.05) is 6.61 Å². The van der Waals surface area contributed by atoms with Crippen molar-refractivity contribution in [2.45, 2.75) is 43.4 Å². The lowest BCUT2D eigenvalue weighted by Gasteiger charge is -2.40. The fraction of sp³-hybridized carbons (Fsp3) is 0.571. The smallest absolute Gasteiger partial charge is 0.0962 e. The zero-order chi connectivity index (χ0) is 13.0. The number of rotatable bonds is 6. The number of hydrogen-bond acceptors (Lipinski definition) is 2. The van der Waals surface area contributed by atoms with Gasteiger partial charge in [-0.25, -0.2) is 0 Å². The van der Waals surface area contributed by atoms with Crippen LogP contribution in [0.3, 0.4) is 0 Å². The Labute approximate surface area is 125 Å². The number of benzene rings is 1. The van der Waals surface area contributed by atoms with Crippen LogP contribution in [0.15, 0.2) is 28.7 Å². The molecule has 0 N–H and O–H groups in total. The van der Waals surface area contributed by atoms with Gasteiger partial charge in [-0.05, 0) is 30.5 Å². The van der Waals surface area contributed by atoms with Crippen LogP contribution in [0, 0.1) is 0 Å². The largest absolute Gasteiger partial charge is 0.374 e. The summed E-state index contributed by atoms with van der Waals surface area (Å²) in [4.78, 5) is 0.441. The molecule has 1 aliphatic rings. The van der Waals surface area contributed by atoms with Gasteiger partial charge in [-0.2, -0.15) is 0 Å². The molecule has 1 aromatic carbocycles. The van der Waals surface area contributed by atoms with Crippen LogP contribution in [0.1, 0.15) is 25.3 Å². The molecule has 1 fully saturated rings. The van der Waals surface area contributed by atoms with Crippen LogP contribution in [-0.2, 0) is 16.1 Å². The lowest BCUT2D eigenvalue weighted by Crippen LogP contribution is -2.50. The second-order valence-corrected chi connectivity index (χ2v) is 6.66. The fourth-order valence-electron chi connectivity index (χ4n) is 1.99. The van der Waals surface area contributed by atoms with E-state index >= 15 is 0 Å². The molecule has 1 aromatic rings. The Kier molecular flexibility index (Phi) is 5.67. The van der Waals surface area contributed by atoms with Gasteiger partial charge in [0, 0.05) is 15.9 Å². The molecule has 0 aromatic heterocycles. The number of alkyl halides is 1. The number of halogens is 2. The third-order valence-electron chi connectivity index (χ3n) is 3.05. The van der Waals surface area contributed by atoms with Crippen LogP contribution in [0.4, 0.5) is 0 Å². The van der Waals surface area contributed by atoms with Gasteiger partial charge in [0.2, 0.25) is 0 Å². The average Bonchev–Trinajstić information content (AvgIpc) is 2.34. The summed E-state index contributed by atoms with van der Waals surface area (Å²) in [5.74, 6) is 0. The van der Waals surface area contributed by atoms with Crippen molar-refractivity contribution in [3.8, 4) is 0 Å². The van der Waals surface area contributed by atoms with Crippen molar-refractivity contribution in [3.05, 3.63) is 34.3 Å². The van der Waals surface area contributed by atoms with Crippen molar-refractivity contribution in [1.29, 1.82) is 0 Å². The minimum Gasteiger partial charge on any atom is -0.374 e. The lowest BCUT2D eigenvalue weighted by atomic mass is 9.91. The van der Waals surface area contributed by atoms with Gasteiger partial charge < -0.3 is 9.47 Å². The first kappa shape index (κ1) is 14.5. The third kappa shape index (κ3) is 3.80. The Morgan fingerprint density at radius 2 is 2.17 bits per heavy atom. The molecule has 18 heavy (non-hydrogen) atoms. The molecule has 0 amide bonds. The Bertz CT molecular complexity index is 384. The molecule has 0 heterocycles. The van der Waals surface area contributed by atoms with Crippen molar-refractivity contribution in [2.24, 2.45) is 0 Å². The molecule has 4 heteroatoms. The van der Waals surface area contributed by atoms with Crippen LogP contribution in [0.5, 0.6) is 0 Å². The topological polar surface area (TPSA) is 18.5 Å². The maximum Gasteiger partial charge on any atom is 0.0962 e. The second kappa shape index (κ2) is 7.04. The zero-order valence-electron chi connectivity index (χ0n) is 10.4. The van der Waals surface area contributed by atoms with Gasteiger partial charge in [0.15, 0.2) is 0 Å². The molecule has 0 saturated heterocycles. The van der Waals surface area contributed by atoms with Gasteiger partial charge in [0.25, 0.3) is 0 Å². The summed E-state index contributed by atoms with van der Waals surface area (Å²) in [6.07, 6.45) is 2.51. The van der Waals surface area contributed by atoms with Gasteiger partial charge in [-0.3, -0.25) is 0 Å². The summed E-state index contributed by atoms with van der Waals surface area (Å²) in [6, 6.07) is 8.22. The zero-order valence-corrected chi connectivity index (χ0v) is 13.6. The predicted molar refractivity (Wildman–Crippen MR) is 80.1 cm³/mol. The van der Waals surface area contributed by atoms with E-state index in [9.17, 15) is 0 Å². The van der Waals surface area contributed by atoms with E-state index in [-0.39, 0.29) is 12.2 Å². The first-order valence-electron chi connectivity index (χ1n) is 6.32. The van der Waals surface area contributed by atoms with Crippen LogP contribution >= 0.6 is 31.9 Å². The summed E-state index contributed by atoms with van der Waals surface area (Å²) in [6.45, 7) is 3.58. The number of ether oxygens (including phenoxy) is 2. The fourth-order valence-corrected chi connectivity index (χ4v) is 3.29. The minimum atomic E-state index is 0.206. The van der Waals surface area contributed by atoms with Crippen molar-refractivity contribution < 1.29 is 9.47 Å². The molecular weight excluding hydrogens is 360 g/mol. The molecule has 3 unspecified atom stereocenters. The quantitative estimate of drug-likeness (QED) is 0.688. The van der Waals surface area contributed by atoms with Gasteiger partial charge in [0.05, 0.1) is 18.8 Å². The van der Waals surface area contributed by atoms with Gasteiger partial charge in [-0.15, -0.1) is 0 Å². The maximum atomic E-state index is 5.92.